The molecular weight excluding hydrogens is 315 g/mol. The summed E-state index contributed by atoms with van der Waals surface area (Å²) < 4.78 is 42.8. The summed E-state index contributed by atoms with van der Waals surface area (Å²) in [6, 6.07) is 8.35. The van der Waals surface area contributed by atoms with Crippen molar-refractivity contribution in [3.05, 3.63) is 57.3 Å². The van der Waals surface area contributed by atoms with Gasteiger partial charge in [0.1, 0.15) is 0 Å². The van der Waals surface area contributed by atoms with Gasteiger partial charge in [-0.05, 0) is 29.8 Å². The van der Waals surface area contributed by atoms with Crippen LogP contribution >= 0.6 is 11.3 Å². The molecule has 1 aromatic carbocycles. The Kier molecular flexibility index (Phi) is 5.20. The monoisotopic (exact) mass is 329 g/mol. The topological polar surface area (TPSA) is 38.3 Å². The van der Waals surface area contributed by atoms with E-state index in [2.05, 4.69) is 5.32 Å². The molecule has 0 fully saturated rings. The molecule has 1 heterocycles. The van der Waals surface area contributed by atoms with E-state index in [1.165, 1.54) is 17.4 Å². The Morgan fingerprint density at radius 2 is 2.05 bits per heavy atom. The summed E-state index contributed by atoms with van der Waals surface area (Å²) in [4.78, 5) is 13.4. The van der Waals surface area contributed by atoms with Gasteiger partial charge in [-0.1, -0.05) is 12.1 Å². The van der Waals surface area contributed by atoms with Gasteiger partial charge in [0, 0.05) is 18.5 Å². The highest BCUT2D eigenvalue weighted by Gasteiger charge is 2.30. The molecule has 118 valence electrons. The van der Waals surface area contributed by atoms with Gasteiger partial charge in [-0.3, -0.25) is 4.79 Å². The van der Waals surface area contributed by atoms with Crippen LogP contribution in [-0.4, -0.2) is 13.0 Å². The molecule has 2 aromatic rings. The van der Waals surface area contributed by atoms with Gasteiger partial charge >= 0.3 is 6.18 Å². The van der Waals surface area contributed by atoms with Crippen molar-refractivity contribution in [1.29, 1.82) is 0 Å². The van der Waals surface area contributed by atoms with E-state index in [4.69, 9.17) is 4.74 Å². The standard InChI is InChI=1S/C15H14F3NO2S/c1-21-9-12-5-6-13(22-12)14(20)19-8-10-3-2-4-11(7-10)15(16,17)18/h2-7H,8-9H2,1H3,(H,19,20). The molecule has 0 saturated heterocycles. The molecular formula is C15H14F3NO2S. The molecule has 22 heavy (non-hydrogen) atoms. The quantitative estimate of drug-likeness (QED) is 0.905. The van der Waals surface area contributed by atoms with Crippen LogP contribution < -0.4 is 5.32 Å². The molecule has 1 N–H and O–H groups in total. The zero-order chi connectivity index (χ0) is 16.2. The van der Waals surface area contributed by atoms with Crippen LogP contribution in [0.3, 0.4) is 0 Å². The first-order valence-corrected chi connectivity index (χ1v) is 7.24. The number of methoxy groups -OCH3 is 1. The average Bonchev–Trinajstić information content (AvgIpc) is 2.93. The third kappa shape index (κ3) is 4.32. The molecule has 0 bridgehead atoms. The SMILES string of the molecule is COCc1ccc(C(=O)NCc2cccc(C(F)(F)F)c2)s1. The van der Waals surface area contributed by atoms with Gasteiger partial charge < -0.3 is 10.1 Å². The van der Waals surface area contributed by atoms with Gasteiger partial charge in [0.05, 0.1) is 17.0 Å². The van der Waals surface area contributed by atoms with Crippen molar-refractivity contribution in [2.24, 2.45) is 0 Å². The Balaban J connectivity index is 1.98. The number of alkyl halides is 3. The third-order valence-electron chi connectivity index (χ3n) is 2.88. The van der Waals surface area contributed by atoms with Crippen molar-refractivity contribution in [3.63, 3.8) is 0 Å². The summed E-state index contributed by atoms with van der Waals surface area (Å²) >= 11 is 1.29. The van der Waals surface area contributed by atoms with E-state index in [1.54, 1.807) is 25.3 Å². The summed E-state index contributed by atoms with van der Waals surface area (Å²) in [5, 5.41) is 2.61. The Hall–Kier alpha value is -1.86. The second kappa shape index (κ2) is 6.93. The first kappa shape index (κ1) is 16.5. The molecule has 1 aromatic heterocycles. The van der Waals surface area contributed by atoms with Gasteiger partial charge in [-0.2, -0.15) is 13.2 Å². The number of carbonyl (C=O) groups excluding carboxylic acids is 1. The number of halogens is 3. The summed E-state index contributed by atoms with van der Waals surface area (Å²) in [6.07, 6.45) is -4.39. The van der Waals surface area contributed by atoms with Crippen molar-refractivity contribution >= 4 is 17.2 Å². The minimum atomic E-state index is -4.39. The predicted octanol–water partition coefficient (Wildman–Crippen LogP) is 3.84. The van der Waals surface area contributed by atoms with Gasteiger partial charge in [-0.25, -0.2) is 0 Å². The summed E-state index contributed by atoms with van der Waals surface area (Å²) in [6.45, 7) is 0.464. The summed E-state index contributed by atoms with van der Waals surface area (Å²) in [5.41, 5.74) is -0.324. The molecule has 0 aliphatic rings. The van der Waals surface area contributed by atoms with E-state index < -0.39 is 11.7 Å². The normalized spacial score (nSPS) is 11.5. The Morgan fingerprint density at radius 3 is 2.73 bits per heavy atom. The Labute approximate surface area is 129 Å². The fraction of sp³-hybridized carbons (Fsp3) is 0.267. The van der Waals surface area contributed by atoms with E-state index in [0.29, 0.717) is 17.0 Å². The zero-order valence-corrected chi connectivity index (χ0v) is 12.6. The fourth-order valence-corrected chi connectivity index (χ4v) is 2.74. The maximum absolute atomic E-state index is 12.6. The highest BCUT2D eigenvalue weighted by Crippen LogP contribution is 2.29. The van der Waals surface area contributed by atoms with Crippen LogP contribution in [0.1, 0.15) is 25.7 Å². The number of hydrogen-bond donors (Lipinski definition) is 1. The molecule has 0 aliphatic carbocycles. The summed E-state index contributed by atoms with van der Waals surface area (Å²) in [5.74, 6) is -0.315. The van der Waals surface area contributed by atoms with Crippen LogP contribution in [0.15, 0.2) is 36.4 Å². The van der Waals surface area contributed by atoms with Crippen LogP contribution in [-0.2, 0) is 24.1 Å². The van der Waals surface area contributed by atoms with Gasteiger partial charge in [0.25, 0.3) is 5.91 Å². The zero-order valence-electron chi connectivity index (χ0n) is 11.7. The summed E-state index contributed by atoms with van der Waals surface area (Å²) in [7, 11) is 1.56. The number of amides is 1. The number of rotatable bonds is 5. The lowest BCUT2D eigenvalue weighted by Crippen LogP contribution is -2.22. The number of ether oxygens (including phenoxy) is 1. The van der Waals surface area contributed by atoms with Crippen molar-refractivity contribution in [2.45, 2.75) is 19.3 Å². The molecule has 1 amide bonds. The van der Waals surface area contributed by atoms with Crippen molar-refractivity contribution in [2.75, 3.05) is 7.11 Å². The molecule has 0 atom stereocenters. The van der Waals surface area contributed by atoms with Gasteiger partial charge in [0.15, 0.2) is 0 Å². The second-order valence-electron chi connectivity index (χ2n) is 4.58. The highest BCUT2D eigenvalue weighted by atomic mass is 32.1. The lowest BCUT2D eigenvalue weighted by atomic mass is 10.1. The number of hydrogen-bond acceptors (Lipinski definition) is 3. The lowest BCUT2D eigenvalue weighted by molar-refractivity contribution is -0.137. The van der Waals surface area contributed by atoms with Gasteiger partial charge in [0.2, 0.25) is 0 Å². The van der Waals surface area contributed by atoms with Crippen LogP contribution in [0.2, 0.25) is 0 Å². The van der Waals surface area contributed by atoms with Gasteiger partial charge in [-0.15, -0.1) is 11.3 Å². The number of carbonyl (C=O) groups is 1. The fourth-order valence-electron chi connectivity index (χ4n) is 1.85. The van der Waals surface area contributed by atoms with Crippen LogP contribution in [0.5, 0.6) is 0 Å². The smallest absolute Gasteiger partial charge is 0.379 e. The van der Waals surface area contributed by atoms with E-state index in [9.17, 15) is 18.0 Å². The predicted molar refractivity (Wildman–Crippen MR) is 77.6 cm³/mol. The first-order chi connectivity index (χ1) is 10.4. The molecule has 0 saturated carbocycles. The molecule has 0 unspecified atom stereocenters. The van der Waals surface area contributed by atoms with Crippen LogP contribution in [0.25, 0.3) is 0 Å². The maximum atomic E-state index is 12.6. The third-order valence-corrected chi connectivity index (χ3v) is 3.94. The molecule has 0 radical (unpaired) electrons. The largest absolute Gasteiger partial charge is 0.416 e. The second-order valence-corrected chi connectivity index (χ2v) is 5.75. The van der Waals surface area contributed by atoms with E-state index >= 15 is 0 Å². The first-order valence-electron chi connectivity index (χ1n) is 6.42. The average molecular weight is 329 g/mol. The number of thiophene rings is 1. The minimum absolute atomic E-state index is 0.0419. The molecule has 0 aliphatic heterocycles. The van der Waals surface area contributed by atoms with Crippen molar-refractivity contribution in [1.82, 2.24) is 5.32 Å². The highest BCUT2D eigenvalue weighted by molar-refractivity contribution is 7.14. The number of benzene rings is 1. The molecule has 0 spiro atoms. The van der Waals surface area contributed by atoms with Crippen LogP contribution in [0.4, 0.5) is 13.2 Å². The Morgan fingerprint density at radius 1 is 1.27 bits per heavy atom. The molecule has 7 heteroatoms. The van der Waals surface area contributed by atoms with E-state index in [-0.39, 0.29) is 12.5 Å². The van der Waals surface area contributed by atoms with E-state index in [0.717, 1.165) is 17.0 Å². The molecule has 2 rings (SSSR count). The minimum Gasteiger partial charge on any atom is -0.379 e. The Bertz CT molecular complexity index is 652. The van der Waals surface area contributed by atoms with Crippen LogP contribution in [0, 0.1) is 0 Å². The van der Waals surface area contributed by atoms with Crippen molar-refractivity contribution < 1.29 is 22.7 Å². The van der Waals surface area contributed by atoms with E-state index in [1.807, 2.05) is 0 Å². The lowest BCUT2D eigenvalue weighted by Gasteiger charge is -2.09. The maximum Gasteiger partial charge on any atom is 0.416 e. The molecule has 3 nitrogen and oxygen atoms in total. The number of nitrogens with one attached hydrogen (secondary N) is 1. The van der Waals surface area contributed by atoms with Crippen molar-refractivity contribution in [3.8, 4) is 0 Å².